The highest BCUT2D eigenvalue weighted by Gasteiger charge is 2.25. The van der Waals surface area contributed by atoms with Gasteiger partial charge in [0.05, 0.1) is 0 Å². The highest BCUT2D eigenvalue weighted by molar-refractivity contribution is 5.26. The molecule has 0 spiro atoms. The Morgan fingerprint density at radius 1 is 1.00 bits per heavy atom. The van der Waals surface area contributed by atoms with Crippen LogP contribution in [-0.2, 0) is 0 Å². The maximum atomic E-state index is 12.6. The van der Waals surface area contributed by atoms with E-state index in [1.54, 1.807) is 0 Å². The summed E-state index contributed by atoms with van der Waals surface area (Å²) in [5.41, 5.74) is 0.575. The smallest absolute Gasteiger partial charge is 0.194 e. The van der Waals surface area contributed by atoms with Gasteiger partial charge >= 0.3 is 0 Å². The zero-order valence-corrected chi connectivity index (χ0v) is 6.28. The Morgan fingerprint density at radius 2 is 1.50 bits per heavy atom. The second-order valence-corrected chi connectivity index (χ2v) is 3.07. The zero-order chi connectivity index (χ0) is 8.72. The van der Waals surface area contributed by atoms with Gasteiger partial charge in [0.1, 0.15) is 0 Å². The molecule has 1 aliphatic rings. The molecule has 1 aliphatic carbocycles. The van der Waals surface area contributed by atoms with Crippen molar-refractivity contribution in [2.75, 3.05) is 0 Å². The van der Waals surface area contributed by atoms with E-state index in [-0.39, 0.29) is 5.92 Å². The molecule has 12 heavy (non-hydrogen) atoms. The quantitative estimate of drug-likeness (QED) is 0.571. The summed E-state index contributed by atoms with van der Waals surface area (Å²) in [5.74, 6) is -3.30. The molecule has 0 unspecified atom stereocenters. The lowest BCUT2D eigenvalue weighted by molar-refractivity contribution is 0.445. The summed E-state index contributed by atoms with van der Waals surface area (Å²) >= 11 is 0. The first-order valence-electron chi connectivity index (χ1n) is 3.83. The van der Waals surface area contributed by atoms with E-state index >= 15 is 0 Å². The van der Waals surface area contributed by atoms with Crippen LogP contribution in [-0.4, -0.2) is 0 Å². The van der Waals surface area contributed by atoms with Gasteiger partial charge in [0.15, 0.2) is 17.5 Å². The molecular formula is C9H7F3. The summed E-state index contributed by atoms with van der Waals surface area (Å²) in [6, 6.07) is 2.16. The predicted octanol–water partition coefficient (Wildman–Crippen LogP) is 2.98. The van der Waals surface area contributed by atoms with E-state index in [9.17, 15) is 13.2 Å². The Kier molecular flexibility index (Phi) is 1.60. The van der Waals surface area contributed by atoms with Gasteiger partial charge in [-0.1, -0.05) is 0 Å². The molecule has 0 aromatic heterocycles. The first-order valence-corrected chi connectivity index (χ1v) is 3.83. The van der Waals surface area contributed by atoms with E-state index in [0.29, 0.717) is 5.56 Å². The Balaban J connectivity index is 2.45. The topological polar surface area (TPSA) is 0 Å². The van der Waals surface area contributed by atoms with Crippen LogP contribution in [0.5, 0.6) is 0 Å². The molecule has 3 heteroatoms. The molecule has 1 aromatic rings. The summed E-state index contributed by atoms with van der Waals surface area (Å²) in [4.78, 5) is 0. The summed E-state index contributed by atoms with van der Waals surface area (Å²) in [6.45, 7) is 0. The number of rotatable bonds is 1. The highest BCUT2D eigenvalue weighted by Crippen LogP contribution is 2.40. The van der Waals surface area contributed by atoms with Gasteiger partial charge in [-0.2, -0.15) is 0 Å². The maximum Gasteiger partial charge on any atom is 0.194 e. The van der Waals surface area contributed by atoms with Crippen LogP contribution < -0.4 is 0 Å². The fourth-order valence-electron chi connectivity index (χ4n) is 1.23. The van der Waals surface area contributed by atoms with Crippen molar-refractivity contribution in [2.24, 2.45) is 0 Å². The van der Waals surface area contributed by atoms with Gasteiger partial charge in [-0.15, -0.1) is 0 Å². The minimum Gasteiger partial charge on any atom is -0.204 e. The fourth-order valence-corrected chi connectivity index (χ4v) is 1.23. The molecule has 0 nitrogen and oxygen atoms in total. The van der Waals surface area contributed by atoms with Crippen LogP contribution in [0.1, 0.15) is 24.3 Å². The van der Waals surface area contributed by atoms with Crippen LogP contribution in [0.15, 0.2) is 12.1 Å². The molecule has 64 valence electrons. The Labute approximate surface area is 68.0 Å². The van der Waals surface area contributed by atoms with Gasteiger partial charge in [-0.05, 0) is 36.5 Å². The van der Waals surface area contributed by atoms with Gasteiger partial charge in [-0.3, -0.25) is 0 Å². The van der Waals surface area contributed by atoms with Gasteiger partial charge in [-0.25, -0.2) is 13.2 Å². The van der Waals surface area contributed by atoms with Crippen molar-refractivity contribution in [3.63, 3.8) is 0 Å². The fraction of sp³-hybridized carbons (Fsp3) is 0.333. The summed E-state index contributed by atoms with van der Waals surface area (Å²) in [6.07, 6.45) is 1.90. The Bertz CT molecular complexity index is 293. The molecule has 1 saturated carbocycles. The highest BCUT2D eigenvalue weighted by atomic mass is 19.2. The molecule has 1 fully saturated rings. The lowest BCUT2D eigenvalue weighted by atomic mass is 10.1. The molecule has 0 radical (unpaired) electrons. The summed E-state index contributed by atoms with van der Waals surface area (Å²) < 4.78 is 37.7. The molecular weight excluding hydrogens is 165 g/mol. The molecule has 0 atom stereocenters. The molecule has 0 aliphatic heterocycles. The third kappa shape index (κ3) is 1.19. The van der Waals surface area contributed by atoms with Crippen LogP contribution in [0.3, 0.4) is 0 Å². The summed E-state index contributed by atoms with van der Waals surface area (Å²) in [7, 11) is 0. The van der Waals surface area contributed by atoms with Crippen molar-refractivity contribution in [3.8, 4) is 0 Å². The molecule has 0 saturated heterocycles. The van der Waals surface area contributed by atoms with Gasteiger partial charge in [0, 0.05) is 0 Å². The van der Waals surface area contributed by atoms with Crippen LogP contribution in [0.25, 0.3) is 0 Å². The molecule has 1 aromatic carbocycles. The van der Waals surface area contributed by atoms with Crippen molar-refractivity contribution in [1.82, 2.24) is 0 Å². The van der Waals surface area contributed by atoms with Crippen LogP contribution in [0, 0.1) is 17.5 Å². The third-order valence-corrected chi connectivity index (χ3v) is 2.05. The van der Waals surface area contributed by atoms with E-state index in [2.05, 4.69) is 0 Å². The zero-order valence-electron chi connectivity index (χ0n) is 6.28. The van der Waals surface area contributed by atoms with Crippen LogP contribution in [0.2, 0.25) is 0 Å². The second-order valence-electron chi connectivity index (χ2n) is 3.07. The van der Waals surface area contributed by atoms with Crippen molar-refractivity contribution in [3.05, 3.63) is 35.1 Å². The normalized spacial score (nSPS) is 16.6. The van der Waals surface area contributed by atoms with Crippen molar-refractivity contribution >= 4 is 0 Å². The van der Waals surface area contributed by atoms with Gasteiger partial charge in [0.2, 0.25) is 0 Å². The van der Waals surface area contributed by atoms with Crippen molar-refractivity contribution in [2.45, 2.75) is 18.8 Å². The average Bonchev–Trinajstić information content (AvgIpc) is 2.81. The van der Waals surface area contributed by atoms with E-state index in [1.165, 1.54) is 0 Å². The number of hydrogen-bond acceptors (Lipinski definition) is 0. The molecule has 0 bridgehead atoms. The summed E-state index contributed by atoms with van der Waals surface area (Å²) in [5, 5.41) is 0. The lowest BCUT2D eigenvalue weighted by Gasteiger charge is -1.99. The first kappa shape index (κ1) is 7.65. The number of halogens is 3. The number of hydrogen-bond donors (Lipinski definition) is 0. The Hall–Kier alpha value is -0.990. The number of benzene rings is 1. The third-order valence-electron chi connectivity index (χ3n) is 2.05. The van der Waals surface area contributed by atoms with E-state index in [1.807, 2.05) is 0 Å². The lowest BCUT2D eigenvalue weighted by Crippen LogP contribution is -1.92. The molecule has 2 rings (SSSR count). The SMILES string of the molecule is Fc1cc(C2CC2)cc(F)c1F. The van der Waals surface area contributed by atoms with Gasteiger partial charge in [0.25, 0.3) is 0 Å². The Morgan fingerprint density at radius 3 is 1.92 bits per heavy atom. The molecule has 0 amide bonds. The average molecular weight is 172 g/mol. The van der Waals surface area contributed by atoms with E-state index in [0.717, 1.165) is 25.0 Å². The molecule has 0 N–H and O–H groups in total. The largest absolute Gasteiger partial charge is 0.204 e. The van der Waals surface area contributed by atoms with Crippen molar-refractivity contribution < 1.29 is 13.2 Å². The van der Waals surface area contributed by atoms with Gasteiger partial charge < -0.3 is 0 Å². The minimum absolute atomic E-state index is 0.245. The maximum absolute atomic E-state index is 12.6. The van der Waals surface area contributed by atoms with Crippen LogP contribution >= 0.6 is 0 Å². The minimum atomic E-state index is -1.38. The standard InChI is InChI=1S/C9H7F3/c10-7-3-6(5-1-2-5)4-8(11)9(7)12/h3-5H,1-2H2. The van der Waals surface area contributed by atoms with E-state index in [4.69, 9.17) is 0 Å². The predicted molar refractivity (Wildman–Crippen MR) is 38.3 cm³/mol. The monoisotopic (exact) mass is 172 g/mol. The second kappa shape index (κ2) is 2.51. The molecule has 0 heterocycles. The van der Waals surface area contributed by atoms with Crippen molar-refractivity contribution in [1.29, 1.82) is 0 Å². The van der Waals surface area contributed by atoms with Crippen LogP contribution in [0.4, 0.5) is 13.2 Å². The van der Waals surface area contributed by atoms with E-state index < -0.39 is 17.5 Å². The first-order chi connectivity index (χ1) is 5.68.